The first-order valence-electron chi connectivity index (χ1n) is 5.03. The van der Waals surface area contributed by atoms with Crippen LogP contribution in [-0.2, 0) is 6.54 Å². The van der Waals surface area contributed by atoms with Gasteiger partial charge in [-0.05, 0) is 11.6 Å². The van der Waals surface area contributed by atoms with Crippen LogP contribution in [0.4, 0.5) is 0 Å². The predicted molar refractivity (Wildman–Crippen MR) is 74.1 cm³/mol. The van der Waals surface area contributed by atoms with E-state index in [1.807, 2.05) is 18.2 Å². The van der Waals surface area contributed by atoms with Gasteiger partial charge in [-0.2, -0.15) is 0 Å². The number of hydrogen-bond acceptors (Lipinski definition) is 2. The Hall–Kier alpha value is 0.01000. The number of halogens is 3. The summed E-state index contributed by atoms with van der Waals surface area (Å²) in [6.45, 7) is 5.38. The summed E-state index contributed by atoms with van der Waals surface area (Å²) in [5.74, 6) is 0. The maximum absolute atomic E-state index is 6.10. The van der Waals surface area contributed by atoms with Crippen molar-refractivity contribution in [1.29, 1.82) is 0 Å². The Bertz CT molecular complexity index is 301. The van der Waals surface area contributed by atoms with Gasteiger partial charge in [0.1, 0.15) is 0 Å². The van der Waals surface area contributed by atoms with E-state index >= 15 is 0 Å². The quantitative estimate of drug-likeness (QED) is 0.897. The fourth-order valence-corrected chi connectivity index (χ4v) is 1.93. The zero-order chi connectivity index (χ0) is 9.80. The molecule has 1 saturated heterocycles. The molecule has 1 aliphatic heterocycles. The molecule has 1 heterocycles. The van der Waals surface area contributed by atoms with Gasteiger partial charge in [0.15, 0.2) is 0 Å². The van der Waals surface area contributed by atoms with E-state index in [1.165, 1.54) is 5.56 Å². The third-order valence-electron chi connectivity index (χ3n) is 2.56. The Kier molecular flexibility index (Phi) is 8.16. The Labute approximate surface area is 114 Å². The van der Waals surface area contributed by atoms with E-state index in [0.29, 0.717) is 0 Å². The van der Waals surface area contributed by atoms with Crippen molar-refractivity contribution < 1.29 is 0 Å². The van der Waals surface area contributed by atoms with Gasteiger partial charge in [0.25, 0.3) is 0 Å². The number of rotatable bonds is 2. The maximum Gasteiger partial charge on any atom is 0.0451 e. The average Bonchev–Trinajstić information content (AvgIpc) is 2.23. The first-order valence-corrected chi connectivity index (χ1v) is 5.40. The van der Waals surface area contributed by atoms with Crippen molar-refractivity contribution in [2.24, 2.45) is 0 Å². The molecule has 0 bridgehead atoms. The maximum atomic E-state index is 6.10. The molecule has 2 rings (SSSR count). The lowest BCUT2D eigenvalue weighted by molar-refractivity contribution is 0.233. The largest absolute Gasteiger partial charge is 0.314 e. The molecular weight excluding hydrogens is 266 g/mol. The number of benzene rings is 1. The van der Waals surface area contributed by atoms with Crippen molar-refractivity contribution in [2.45, 2.75) is 6.54 Å². The van der Waals surface area contributed by atoms with Gasteiger partial charge in [-0.25, -0.2) is 0 Å². The summed E-state index contributed by atoms with van der Waals surface area (Å²) in [5, 5.41) is 4.22. The summed E-state index contributed by atoms with van der Waals surface area (Å²) in [4.78, 5) is 2.43. The molecule has 0 saturated carbocycles. The molecule has 5 heteroatoms. The lowest BCUT2D eigenvalue weighted by Gasteiger charge is -2.27. The second kappa shape index (κ2) is 8.15. The number of hydrogen-bond donors (Lipinski definition) is 1. The predicted octanol–water partition coefficient (Wildman–Crippen LogP) is 2.59. The Morgan fingerprint density at radius 3 is 2.38 bits per heavy atom. The van der Waals surface area contributed by atoms with Crippen LogP contribution in [0, 0.1) is 0 Å². The minimum atomic E-state index is 0. The van der Waals surface area contributed by atoms with Crippen LogP contribution in [0.15, 0.2) is 24.3 Å². The van der Waals surface area contributed by atoms with Crippen molar-refractivity contribution in [2.75, 3.05) is 26.2 Å². The zero-order valence-corrected chi connectivity index (χ0v) is 11.4. The van der Waals surface area contributed by atoms with E-state index < -0.39 is 0 Å². The van der Waals surface area contributed by atoms with Gasteiger partial charge in [-0.3, -0.25) is 4.90 Å². The van der Waals surface area contributed by atoms with E-state index in [4.69, 9.17) is 11.6 Å². The highest BCUT2D eigenvalue weighted by atomic mass is 35.5. The van der Waals surface area contributed by atoms with Crippen molar-refractivity contribution in [3.8, 4) is 0 Å². The summed E-state index contributed by atoms with van der Waals surface area (Å²) in [7, 11) is 0. The molecule has 0 radical (unpaired) electrons. The minimum absolute atomic E-state index is 0. The fraction of sp³-hybridized carbons (Fsp3) is 0.455. The molecule has 16 heavy (non-hydrogen) atoms. The first kappa shape index (κ1) is 16.0. The molecule has 0 spiro atoms. The van der Waals surface area contributed by atoms with E-state index in [-0.39, 0.29) is 24.8 Å². The van der Waals surface area contributed by atoms with Crippen molar-refractivity contribution in [3.63, 3.8) is 0 Å². The van der Waals surface area contributed by atoms with Crippen molar-refractivity contribution >= 4 is 36.4 Å². The molecule has 0 atom stereocenters. The molecule has 1 N–H and O–H groups in total. The summed E-state index contributed by atoms with van der Waals surface area (Å²) >= 11 is 6.10. The molecule has 1 aromatic rings. The highest BCUT2D eigenvalue weighted by Gasteiger charge is 2.10. The Morgan fingerprint density at radius 2 is 1.75 bits per heavy atom. The minimum Gasteiger partial charge on any atom is -0.314 e. The third-order valence-corrected chi connectivity index (χ3v) is 2.93. The number of nitrogens with zero attached hydrogens (tertiary/aromatic N) is 1. The Morgan fingerprint density at radius 1 is 1.12 bits per heavy atom. The van der Waals surface area contributed by atoms with Gasteiger partial charge in [0.2, 0.25) is 0 Å². The van der Waals surface area contributed by atoms with Gasteiger partial charge >= 0.3 is 0 Å². The van der Waals surface area contributed by atoms with Gasteiger partial charge in [0, 0.05) is 37.7 Å². The molecule has 1 fully saturated rings. The van der Waals surface area contributed by atoms with Crippen LogP contribution < -0.4 is 5.32 Å². The van der Waals surface area contributed by atoms with Gasteiger partial charge in [-0.1, -0.05) is 29.8 Å². The molecular formula is C11H17Cl3N2. The zero-order valence-electron chi connectivity index (χ0n) is 8.99. The van der Waals surface area contributed by atoms with E-state index in [1.54, 1.807) is 0 Å². The molecule has 0 unspecified atom stereocenters. The Balaban J connectivity index is 0.00000112. The highest BCUT2D eigenvalue weighted by molar-refractivity contribution is 6.31. The van der Waals surface area contributed by atoms with Gasteiger partial charge in [-0.15, -0.1) is 24.8 Å². The summed E-state index contributed by atoms with van der Waals surface area (Å²) < 4.78 is 0. The van der Waals surface area contributed by atoms with Gasteiger partial charge in [0.05, 0.1) is 0 Å². The van der Waals surface area contributed by atoms with Crippen LogP contribution >= 0.6 is 36.4 Å². The average molecular weight is 284 g/mol. The van der Waals surface area contributed by atoms with E-state index in [9.17, 15) is 0 Å². The van der Waals surface area contributed by atoms with Gasteiger partial charge < -0.3 is 5.32 Å². The second-order valence-electron chi connectivity index (χ2n) is 3.62. The van der Waals surface area contributed by atoms with Crippen LogP contribution in [0.3, 0.4) is 0 Å². The molecule has 2 nitrogen and oxygen atoms in total. The van der Waals surface area contributed by atoms with Crippen LogP contribution in [0.25, 0.3) is 0 Å². The topological polar surface area (TPSA) is 15.3 Å². The first-order chi connectivity index (χ1) is 6.86. The smallest absolute Gasteiger partial charge is 0.0451 e. The van der Waals surface area contributed by atoms with Crippen LogP contribution in [-0.4, -0.2) is 31.1 Å². The number of nitrogens with one attached hydrogen (secondary N) is 1. The molecule has 1 aromatic carbocycles. The molecule has 0 amide bonds. The summed E-state index contributed by atoms with van der Waals surface area (Å²) in [6, 6.07) is 8.08. The molecule has 1 aliphatic rings. The van der Waals surface area contributed by atoms with Crippen LogP contribution in [0.5, 0.6) is 0 Å². The lowest BCUT2D eigenvalue weighted by atomic mass is 10.2. The van der Waals surface area contributed by atoms with Crippen LogP contribution in [0.2, 0.25) is 5.02 Å². The third kappa shape index (κ3) is 4.48. The van der Waals surface area contributed by atoms with Crippen LogP contribution in [0.1, 0.15) is 5.56 Å². The number of piperazine rings is 1. The highest BCUT2D eigenvalue weighted by Crippen LogP contribution is 2.16. The van der Waals surface area contributed by atoms with E-state index in [0.717, 1.165) is 37.7 Å². The SMILES string of the molecule is Cl.Cl.Clc1ccccc1CN1CCNCC1. The van der Waals surface area contributed by atoms with E-state index in [2.05, 4.69) is 16.3 Å². The normalized spacial score (nSPS) is 16.1. The standard InChI is InChI=1S/C11H15ClN2.2ClH/c12-11-4-2-1-3-10(11)9-14-7-5-13-6-8-14;;/h1-4,13H,5-9H2;2*1H. The lowest BCUT2D eigenvalue weighted by Crippen LogP contribution is -2.42. The molecule has 0 aliphatic carbocycles. The molecule has 92 valence electrons. The van der Waals surface area contributed by atoms with Crippen molar-refractivity contribution in [3.05, 3.63) is 34.9 Å². The fourth-order valence-electron chi connectivity index (χ4n) is 1.74. The van der Waals surface area contributed by atoms with Crippen molar-refractivity contribution in [1.82, 2.24) is 10.2 Å². The summed E-state index contributed by atoms with van der Waals surface area (Å²) in [5.41, 5.74) is 1.23. The monoisotopic (exact) mass is 282 g/mol. The molecule has 0 aromatic heterocycles. The second-order valence-corrected chi connectivity index (χ2v) is 4.02. The summed E-state index contributed by atoms with van der Waals surface area (Å²) in [6.07, 6.45) is 0.